The predicted molar refractivity (Wildman–Crippen MR) is 81.0 cm³/mol. The zero-order valence-electron chi connectivity index (χ0n) is 12.7. The van der Waals surface area contributed by atoms with E-state index in [-0.39, 0.29) is 24.5 Å². The second kappa shape index (κ2) is 6.90. The van der Waals surface area contributed by atoms with E-state index in [0.29, 0.717) is 26.3 Å². The molecule has 1 amide bonds. The van der Waals surface area contributed by atoms with Gasteiger partial charge in [-0.1, -0.05) is 5.11 Å². The Morgan fingerprint density at radius 1 is 1.29 bits per heavy atom. The van der Waals surface area contributed by atoms with Gasteiger partial charge in [0.25, 0.3) is 0 Å². The number of hydrogen-bond donors (Lipinski definition) is 0. The van der Waals surface area contributed by atoms with Crippen LogP contribution in [-0.4, -0.2) is 51.6 Å². The molecule has 1 aromatic rings. The maximum absolute atomic E-state index is 14.4. The minimum absolute atomic E-state index is 0.0322. The lowest BCUT2D eigenvalue weighted by molar-refractivity contribution is 0.122. The third-order valence-corrected chi connectivity index (χ3v) is 3.86. The summed E-state index contributed by atoms with van der Waals surface area (Å²) in [4.78, 5) is 17.1. The fraction of sp³-hybridized carbons (Fsp3) is 0.500. The average Bonchev–Trinajstić information content (AvgIpc) is 2.94. The average molecular weight is 339 g/mol. The fourth-order valence-corrected chi connectivity index (χ4v) is 2.75. The molecule has 0 radical (unpaired) electrons. The molecule has 1 atom stereocenters. The number of azide groups is 1. The smallest absolute Gasteiger partial charge is 0.414 e. The molecule has 3 rings (SSSR count). The number of carbonyl (C=O) groups excluding carboxylic acids is 1. The van der Waals surface area contributed by atoms with Gasteiger partial charge in [-0.3, -0.25) is 4.90 Å². The van der Waals surface area contributed by atoms with Crippen LogP contribution in [0.2, 0.25) is 0 Å². The molecule has 2 fully saturated rings. The van der Waals surface area contributed by atoms with Gasteiger partial charge in [0.2, 0.25) is 0 Å². The van der Waals surface area contributed by atoms with Crippen molar-refractivity contribution >= 4 is 17.5 Å². The molecule has 2 aliphatic rings. The third-order valence-electron chi connectivity index (χ3n) is 3.86. The number of amides is 1. The summed E-state index contributed by atoms with van der Waals surface area (Å²) < 4.78 is 39.0. The highest BCUT2D eigenvalue weighted by Crippen LogP contribution is 2.31. The van der Waals surface area contributed by atoms with E-state index in [2.05, 4.69) is 10.0 Å². The first kappa shape index (κ1) is 16.3. The summed E-state index contributed by atoms with van der Waals surface area (Å²) in [5.41, 5.74) is 8.23. The highest BCUT2D eigenvalue weighted by molar-refractivity contribution is 5.90. The SMILES string of the molecule is [N-]=[N+]=NCC1CN(c2cc(F)c(N3CCOCC3)c(F)c2)C(=O)O1. The van der Waals surface area contributed by atoms with Crippen molar-refractivity contribution in [2.24, 2.45) is 5.11 Å². The molecule has 24 heavy (non-hydrogen) atoms. The number of morpholine rings is 1. The molecule has 2 heterocycles. The van der Waals surface area contributed by atoms with Gasteiger partial charge in [-0.05, 0) is 5.53 Å². The van der Waals surface area contributed by atoms with Crippen molar-refractivity contribution in [2.75, 3.05) is 49.2 Å². The Morgan fingerprint density at radius 2 is 1.96 bits per heavy atom. The van der Waals surface area contributed by atoms with E-state index in [0.717, 1.165) is 17.0 Å². The Kier molecular flexibility index (Phi) is 4.68. The number of nitrogens with zero attached hydrogens (tertiary/aromatic N) is 5. The van der Waals surface area contributed by atoms with Crippen molar-refractivity contribution in [3.05, 3.63) is 34.2 Å². The van der Waals surface area contributed by atoms with E-state index >= 15 is 0 Å². The van der Waals surface area contributed by atoms with E-state index in [1.807, 2.05) is 0 Å². The number of anilines is 2. The van der Waals surface area contributed by atoms with Gasteiger partial charge >= 0.3 is 6.09 Å². The normalized spacial score (nSPS) is 20.8. The van der Waals surface area contributed by atoms with Crippen LogP contribution in [0.5, 0.6) is 0 Å². The molecule has 0 aliphatic carbocycles. The Morgan fingerprint density at radius 3 is 2.58 bits per heavy atom. The van der Waals surface area contributed by atoms with Crippen LogP contribution >= 0.6 is 0 Å². The van der Waals surface area contributed by atoms with Gasteiger partial charge in [0.15, 0.2) is 11.6 Å². The summed E-state index contributed by atoms with van der Waals surface area (Å²) in [7, 11) is 0. The summed E-state index contributed by atoms with van der Waals surface area (Å²) in [6.07, 6.45) is -1.37. The van der Waals surface area contributed by atoms with E-state index in [1.54, 1.807) is 4.90 Å². The molecule has 1 unspecified atom stereocenters. The number of cyclic esters (lactones) is 1. The second-order valence-corrected chi connectivity index (χ2v) is 5.39. The van der Waals surface area contributed by atoms with E-state index in [1.165, 1.54) is 0 Å². The quantitative estimate of drug-likeness (QED) is 0.478. The molecule has 1 aromatic carbocycles. The summed E-state index contributed by atoms with van der Waals surface area (Å²) in [5, 5.41) is 3.34. The molecule has 0 spiro atoms. The number of rotatable bonds is 4. The van der Waals surface area contributed by atoms with E-state index < -0.39 is 23.8 Å². The summed E-state index contributed by atoms with van der Waals surface area (Å²) in [6.45, 7) is 1.63. The van der Waals surface area contributed by atoms with Gasteiger partial charge in [-0.25, -0.2) is 13.6 Å². The topological polar surface area (TPSA) is 90.8 Å². The lowest BCUT2D eigenvalue weighted by Crippen LogP contribution is -2.37. The molecule has 2 aliphatic heterocycles. The number of halogens is 2. The molecule has 128 valence electrons. The first-order chi connectivity index (χ1) is 11.6. The standard InChI is InChI=1S/C14H15F2N5O3/c15-11-5-9(21-8-10(7-18-19-17)24-14(21)22)6-12(16)13(11)20-1-3-23-4-2-20/h5-6,10H,1-4,7-8H2. The lowest BCUT2D eigenvalue weighted by Gasteiger charge is -2.29. The Hall–Kier alpha value is -2.58. The molecular weight excluding hydrogens is 324 g/mol. The first-order valence-corrected chi connectivity index (χ1v) is 7.41. The zero-order valence-corrected chi connectivity index (χ0v) is 12.7. The van der Waals surface area contributed by atoms with Gasteiger partial charge in [-0.15, -0.1) is 0 Å². The molecule has 8 nitrogen and oxygen atoms in total. The molecule has 2 saturated heterocycles. The van der Waals surface area contributed by atoms with E-state index in [9.17, 15) is 13.6 Å². The zero-order chi connectivity index (χ0) is 17.1. The molecule has 0 saturated carbocycles. The van der Waals surface area contributed by atoms with Crippen LogP contribution in [0, 0.1) is 11.6 Å². The monoisotopic (exact) mass is 339 g/mol. The van der Waals surface area contributed by atoms with Crippen LogP contribution in [-0.2, 0) is 9.47 Å². The molecule has 0 bridgehead atoms. The second-order valence-electron chi connectivity index (χ2n) is 5.39. The molecule has 10 heteroatoms. The summed E-state index contributed by atoms with van der Waals surface area (Å²) in [6, 6.07) is 2.20. The maximum Gasteiger partial charge on any atom is 0.414 e. The molecular formula is C14H15F2N5O3. The number of carbonyl (C=O) groups is 1. The van der Waals surface area contributed by atoms with Crippen molar-refractivity contribution < 1.29 is 23.0 Å². The largest absolute Gasteiger partial charge is 0.444 e. The maximum atomic E-state index is 14.4. The molecule has 0 aromatic heterocycles. The highest BCUT2D eigenvalue weighted by Gasteiger charge is 2.33. The Labute approximate surface area is 136 Å². The highest BCUT2D eigenvalue weighted by atomic mass is 19.1. The fourth-order valence-electron chi connectivity index (χ4n) is 2.75. The van der Waals surface area contributed by atoms with Crippen LogP contribution in [0.25, 0.3) is 10.4 Å². The van der Waals surface area contributed by atoms with Crippen molar-refractivity contribution in [2.45, 2.75) is 6.10 Å². The van der Waals surface area contributed by atoms with Crippen LogP contribution < -0.4 is 9.80 Å². The van der Waals surface area contributed by atoms with Crippen molar-refractivity contribution in [3.8, 4) is 0 Å². The van der Waals surface area contributed by atoms with Gasteiger partial charge < -0.3 is 14.4 Å². The lowest BCUT2D eigenvalue weighted by atomic mass is 10.2. The van der Waals surface area contributed by atoms with Crippen molar-refractivity contribution in [1.29, 1.82) is 0 Å². The Bertz CT molecular complexity index is 666. The predicted octanol–water partition coefficient (Wildman–Crippen LogP) is 2.44. The van der Waals surface area contributed by atoms with Crippen molar-refractivity contribution in [3.63, 3.8) is 0 Å². The van der Waals surface area contributed by atoms with Crippen LogP contribution in [0.3, 0.4) is 0 Å². The van der Waals surface area contributed by atoms with Crippen molar-refractivity contribution in [1.82, 2.24) is 0 Å². The molecule has 0 N–H and O–H groups in total. The minimum atomic E-state index is -0.752. The van der Waals surface area contributed by atoms with Gasteiger partial charge in [0, 0.05) is 30.1 Å². The van der Waals surface area contributed by atoms with Gasteiger partial charge in [0.05, 0.1) is 32.0 Å². The summed E-state index contributed by atoms with van der Waals surface area (Å²) in [5.74, 6) is -1.50. The Balaban J connectivity index is 1.82. The number of hydrogen-bond acceptors (Lipinski definition) is 5. The number of benzene rings is 1. The number of ether oxygens (including phenoxy) is 2. The minimum Gasteiger partial charge on any atom is -0.444 e. The van der Waals surface area contributed by atoms with Crippen LogP contribution in [0.1, 0.15) is 0 Å². The van der Waals surface area contributed by atoms with Crippen LogP contribution in [0.4, 0.5) is 25.0 Å². The van der Waals surface area contributed by atoms with Gasteiger partial charge in [-0.2, -0.15) is 0 Å². The van der Waals surface area contributed by atoms with E-state index in [4.69, 9.17) is 15.0 Å². The third kappa shape index (κ3) is 3.19. The van der Waals surface area contributed by atoms with Gasteiger partial charge in [0.1, 0.15) is 11.8 Å². The first-order valence-electron chi connectivity index (χ1n) is 7.41. The van der Waals surface area contributed by atoms with Crippen LogP contribution in [0.15, 0.2) is 17.2 Å². The summed E-state index contributed by atoms with van der Waals surface area (Å²) >= 11 is 0.